The lowest BCUT2D eigenvalue weighted by atomic mass is 10.1. The van der Waals surface area contributed by atoms with E-state index in [1.807, 2.05) is 18.2 Å². The molecule has 0 saturated heterocycles. The highest BCUT2D eigenvalue weighted by atomic mass is 16.6. The number of hydrogen-bond donors (Lipinski definition) is 1. The van der Waals surface area contributed by atoms with Gasteiger partial charge in [-0.3, -0.25) is 0 Å². The summed E-state index contributed by atoms with van der Waals surface area (Å²) in [5.41, 5.74) is 4.24. The molecule has 1 aromatic rings. The van der Waals surface area contributed by atoms with Gasteiger partial charge in [0.15, 0.2) is 0 Å². The molecule has 0 aromatic heterocycles. The molecule has 0 atom stereocenters. The Morgan fingerprint density at radius 3 is 3.00 bits per heavy atom. The topological polar surface area (TPSA) is 54.2 Å². The summed E-state index contributed by atoms with van der Waals surface area (Å²) < 4.78 is 0. The SMILES string of the molecule is CO/N=C1\CCc2cc(/C=N/O)ccc21. The van der Waals surface area contributed by atoms with Gasteiger partial charge in [-0.2, -0.15) is 0 Å². The Hall–Kier alpha value is -1.84. The lowest BCUT2D eigenvalue weighted by Crippen LogP contribution is -1.95. The van der Waals surface area contributed by atoms with Crippen LogP contribution in [0, 0.1) is 0 Å². The van der Waals surface area contributed by atoms with Gasteiger partial charge in [-0.1, -0.05) is 22.4 Å². The fraction of sp³-hybridized carbons (Fsp3) is 0.273. The van der Waals surface area contributed by atoms with Gasteiger partial charge in [-0.05, 0) is 30.0 Å². The minimum atomic E-state index is 0.898. The molecule has 1 aromatic carbocycles. The summed E-state index contributed by atoms with van der Waals surface area (Å²) in [7, 11) is 1.55. The second-order valence-corrected chi connectivity index (χ2v) is 3.38. The molecule has 0 fully saturated rings. The Bertz CT molecular complexity index is 425. The van der Waals surface area contributed by atoms with Crippen molar-refractivity contribution in [1.82, 2.24) is 0 Å². The summed E-state index contributed by atoms with van der Waals surface area (Å²) >= 11 is 0. The quantitative estimate of drug-likeness (QED) is 0.453. The smallest absolute Gasteiger partial charge is 0.106 e. The second-order valence-electron chi connectivity index (χ2n) is 3.38. The maximum absolute atomic E-state index is 8.43. The molecule has 0 amide bonds. The summed E-state index contributed by atoms with van der Waals surface area (Å²) in [4.78, 5) is 4.78. The highest BCUT2D eigenvalue weighted by molar-refractivity contribution is 6.04. The van der Waals surface area contributed by atoms with Gasteiger partial charge in [0.25, 0.3) is 0 Å². The largest absolute Gasteiger partial charge is 0.411 e. The molecule has 78 valence electrons. The van der Waals surface area contributed by atoms with E-state index < -0.39 is 0 Å². The number of oxime groups is 2. The molecule has 1 aliphatic carbocycles. The maximum Gasteiger partial charge on any atom is 0.106 e. The second kappa shape index (κ2) is 4.13. The van der Waals surface area contributed by atoms with Crippen LogP contribution in [0.1, 0.15) is 23.1 Å². The Kier molecular flexibility index (Phi) is 2.67. The first-order valence-electron chi connectivity index (χ1n) is 4.76. The molecule has 2 rings (SSSR count). The molecule has 0 radical (unpaired) electrons. The molecule has 0 saturated carbocycles. The van der Waals surface area contributed by atoms with Crippen molar-refractivity contribution in [2.75, 3.05) is 7.11 Å². The average molecular weight is 204 g/mol. The van der Waals surface area contributed by atoms with Crippen LogP contribution in [0.2, 0.25) is 0 Å². The van der Waals surface area contributed by atoms with E-state index >= 15 is 0 Å². The van der Waals surface area contributed by atoms with Gasteiger partial charge in [0.2, 0.25) is 0 Å². The molecule has 15 heavy (non-hydrogen) atoms. The third-order valence-corrected chi connectivity index (χ3v) is 2.48. The highest BCUT2D eigenvalue weighted by Crippen LogP contribution is 2.23. The van der Waals surface area contributed by atoms with Crippen LogP contribution in [0.15, 0.2) is 28.5 Å². The van der Waals surface area contributed by atoms with E-state index in [-0.39, 0.29) is 0 Å². The van der Waals surface area contributed by atoms with Crippen LogP contribution in [0.4, 0.5) is 0 Å². The Balaban J connectivity index is 2.37. The lowest BCUT2D eigenvalue weighted by Gasteiger charge is -2.00. The van der Waals surface area contributed by atoms with Crippen molar-refractivity contribution in [1.29, 1.82) is 0 Å². The van der Waals surface area contributed by atoms with Crippen LogP contribution in [-0.2, 0) is 11.3 Å². The lowest BCUT2D eigenvalue weighted by molar-refractivity contribution is 0.213. The van der Waals surface area contributed by atoms with E-state index in [2.05, 4.69) is 10.3 Å². The molecule has 0 bridgehead atoms. The van der Waals surface area contributed by atoms with E-state index in [0.717, 1.165) is 29.7 Å². The summed E-state index contributed by atoms with van der Waals surface area (Å²) in [6.07, 6.45) is 3.29. The maximum atomic E-state index is 8.43. The molecule has 0 spiro atoms. The zero-order chi connectivity index (χ0) is 10.7. The normalized spacial score (nSPS) is 17.3. The van der Waals surface area contributed by atoms with Crippen LogP contribution < -0.4 is 0 Å². The molecule has 0 aliphatic heterocycles. The fourth-order valence-corrected chi connectivity index (χ4v) is 1.84. The summed E-state index contributed by atoms with van der Waals surface area (Å²) in [5, 5.41) is 15.4. The summed E-state index contributed by atoms with van der Waals surface area (Å²) in [5.74, 6) is 0. The third kappa shape index (κ3) is 1.83. The predicted molar refractivity (Wildman–Crippen MR) is 57.7 cm³/mol. The first kappa shape index (κ1) is 9.71. The van der Waals surface area contributed by atoms with Crippen molar-refractivity contribution in [2.24, 2.45) is 10.3 Å². The standard InChI is InChI=1S/C11H12N2O2/c1-15-13-11-5-3-9-6-8(7-12-14)2-4-10(9)11/h2,4,6-7,14H,3,5H2,1H3/b12-7+,13-11+. The zero-order valence-electron chi connectivity index (χ0n) is 8.47. The first-order chi connectivity index (χ1) is 7.35. The van der Waals surface area contributed by atoms with E-state index in [1.165, 1.54) is 11.8 Å². The van der Waals surface area contributed by atoms with Gasteiger partial charge in [-0.15, -0.1) is 0 Å². The van der Waals surface area contributed by atoms with Gasteiger partial charge in [0, 0.05) is 5.56 Å². The van der Waals surface area contributed by atoms with Crippen LogP contribution in [-0.4, -0.2) is 24.2 Å². The van der Waals surface area contributed by atoms with Gasteiger partial charge in [0.1, 0.15) is 7.11 Å². The molecule has 4 nitrogen and oxygen atoms in total. The Labute approximate surface area is 87.9 Å². The van der Waals surface area contributed by atoms with Crippen molar-refractivity contribution in [3.8, 4) is 0 Å². The van der Waals surface area contributed by atoms with E-state index in [4.69, 9.17) is 10.0 Å². The number of aryl methyl sites for hydroxylation is 1. The summed E-state index contributed by atoms with van der Waals surface area (Å²) in [6.45, 7) is 0. The fourth-order valence-electron chi connectivity index (χ4n) is 1.84. The number of nitrogens with zero attached hydrogens (tertiary/aromatic N) is 2. The molecule has 4 heteroatoms. The van der Waals surface area contributed by atoms with Gasteiger partial charge >= 0.3 is 0 Å². The van der Waals surface area contributed by atoms with Crippen molar-refractivity contribution < 1.29 is 10.0 Å². The monoisotopic (exact) mass is 204 g/mol. The van der Waals surface area contributed by atoms with Gasteiger partial charge in [-0.25, -0.2) is 0 Å². The van der Waals surface area contributed by atoms with E-state index in [9.17, 15) is 0 Å². The highest BCUT2D eigenvalue weighted by Gasteiger charge is 2.18. The van der Waals surface area contributed by atoms with Crippen LogP contribution in [0.5, 0.6) is 0 Å². The minimum absolute atomic E-state index is 0.898. The van der Waals surface area contributed by atoms with Crippen molar-refractivity contribution in [3.05, 3.63) is 34.9 Å². The number of fused-ring (bicyclic) bond motifs is 1. The Morgan fingerprint density at radius 2 is 2.27 bits per heavy atom. The van der Waals surface area contributed by atoms with Gasteiger partial charge in [0.05, 0.1) is 11.9 Å². The van der Waals surface area contributed by atoms with Gasteiger partial charge < -0.3 is 10.0 Å². The van der Waals surface area contributed by atoms with Crippen molar-refractivity contribution in [3.63, 3.8) is 0 Å². The summed E-state index contributed by atoms with van der Waals surface area (Å²) in [6, 6.07) is 5.89. The first-order valence-corrected chi connectivity index (χ1v) is 4.76. The molecule has 0 heterocycles. The van der Waals surface area contributed by atoms with Crippen LogP contribution in [0.3, 0.4) is 0 Å². The predicted octanol–water partition coefficient (Wildman–Crippen LogP) is 1.79. The zero-order valence-corrected chi connectivity index (χ0v) is 8.47. The number of rotatable bonds is 2. The molecule has 1 N–H and O–H groups in total. The minimum Gasteiger partial charge on any atom is -0.411 e. The van der Waals surface area contributed by atoms with Crippen LogP contribution in [0.25, 0.3) is 0 Å². The van der Waals surface area contributed by atoms with E-state index in [1.54, 1.807) is 7.11 Å². The molecule has 0 unspecified atom stereocenters. The van der Waals surface area contributed by atoms with Crippen molar-refractivity contribution >= 4 is 11.9 Å². The molecule has 1 aliphatic rings. The van der Waals surface area contributed by atoms with Crippen LogP contribution >= 0.6 is 0 Å². The average Bonchev–Trinajstić information content (AvgIpc) is 2.62. The Morgan fingerprint density at radius 1 is 1.40 bits per heavy atom. The number of benzene rings is 1. The third-order valence-electron chi connectivity index (χ3n) is 2.48. The van der Waals surface area contributed by atoms with E-state index in [0.29, 0.717) is 0 Å². The molecular formula is C11H12N2O2. The van der Waals surface area contributed by atoms with Crippen molar-refractivity contribution in [2.45, 2.75) is 12.8 Å². The molecular weight excluding hydrogens is 192 g/mol. The number of hydrogen-bond acceptors (Lipinski definition) is 4.